The highest BCUT2D eigenvalue weighted by Crippen LogP contribution is 2.25. The average Bonchev–Trinajstić information content (AvgIpc) is 2.89. The maximum Gasteiger partial charge on any atom is 0.308 e. The Labute approximate surface area is 157 Å². The molecule has 2 aromatic carbocycles. The number of aromatic nitrogens is 1. The molecule has 0 saturated heterocycles. The maximum absolute atomic E-state index is 12.8. The fourth-order valence-electron chi connectivity index (χ4n) is 3.11. The molecule has 0 spiro atoms. The first-order chi connectivity index (χ1) is 12.2. The third-order valence-corrected chi connectivity index (χ3v) is 6.85. The molecule has 0 aliphatic heterocycles. The normalized spacial score (nSPS) is 13.4. The van der Waals surface area contributed by atoms with Crippen LogP contribution in [0.15, 0.2) is 52.2 Å². The summed E-state index contributed by atoms with van der Waals surface area (Å²) < 4.78 is 30.7. The zero-order chi connectivity index (χ0) is 19.1. The quantitative estimate of drug-likeness (QED) is 0.716. The van der Waals surface area contributed by atoms with Gasteiger partial charge in [0.15, 0.2) is 0 Å². The van der Waals surface area contributed by atoms with Gasteiger partial charge >= 0.3 is 4.87 Å². The molecule has 1 atom stereocenters. The van der Waals surface area contributed by atoms with Gasteiger partial charge in [-0.05, 0) is 57.0 Å². The molecule has 0 amide bonds. The lowest BCUT2D eigenvalue weighted by atomic mass is 10.0. The van der Waals surface area contributed by atoms with Gasteiger partial charge in [0.1, 0.15) is 0 Å². The summed E-state index contributed by atoms with van der Waals surface area (Å²) in [5.74, 6) is 0. The highest BCUT2D eigenvalue weighted by Gasteiger charge is 2.21. The van der Waals surface area contributed by atoms with E-state index in [9.17, 15) is 13.2 Å². The Morgan fingerprint density at radius 3 is 2.42 bits per heavy atom. The molecule has 1 aromatic heterocycles. The molecule has 3 rings (SSSR count). The second kappa shape index (κ2) is 6.98. The lowest BCUT2D eigenvalue weighted by Gasteiger charge is -2.17. The number of rotatable bonds is 5. The van der Waals surface area contributed by atoms with Crippen LogP contribution in [0.5, 0.6) is 0 Å². The zero-order valence-corrected chi connectivity index (χ0v) is 16.8. The van der Waals surface area contributed by atoms with Gasteiger partial charge in [0.25, 0.3) is 0 Å². The second-order valence-corrected chi connectivity index (χ2v) is 9.37. The molecule has 1 heterocycles. The molecule has 0 radical (unpaired) electrons. The molecule has 26 heavy (non-hydrogen) atoms. The van der Waals surface area contributed by atoms with Crippen molar-refractivity contribution in [3.05, 3.63) is 63.3 Å². The Balaban J connectivity index is 1.97. The SMILES string of the molecule is Cc1ccccc1C(C)NS(=O)(=O)c1ccc2c(c1)sc(=O)n2C(C)C. The zero-order valence-electron chi connectivity index (χ0n) is 15.2. The van der Waals surface area contributed by atoms with E-state index in [0.29, 0.717) is 4.70 Å². The number of hydrogen-bond acceptors (Lipinski definition) is 4. The van der Waals surface area contributed by atoms with Crippen LogP contribution in [0.2, 0.25) is 0 Å². The van der Waals surface area contributed by atoms with Crippen LogP contribution < -0.4 is 9.60 Å². The van der Waals surface area contributed by atoms with E-state index >= 15 is 0 Å². The summed E-state index contributed by atoms with van der Waals surface area (Å²) in [6.07, 6.45) is 0. The first-order valence-electron chi connectivity index (χ1n) is 8.43. The number of aryl methyl sites for hydroxylation is 1. The number of fused-ring (bicyclic) bond motifs is 1. The molecule has 0 fully saturated rings. The minimum atomic E-state index is -3.69. The van der Waals surface area contributed by atoms with Gasteiger partial charge in [0, 0.05) is 12.1 Å². The van der Waals surface area contributed by atoms with Gasteiger partial charge in [-0.3, -0.25) is 9.36 Å². The smallest absolute Gasteiger partial charge is 0.296 e. The summed E-state index contributed by atoms with van der Waals surface area (Å²) in [6, 6.07) is 12.2. The van der Waals surface area contributed by atoms with Crippen LogP contribution in [-0.4, -0.2) is 13.0 Å². The highest BCUT2D eigenvalue weighted by atomic mass is 32.2. The summed E-state index contributed by atoms with van der Waals surface area (Å²) in [4.78, 5) is 12.2. The number of hydrogen-bond donors (Lipinski definition) is 1. The summed E-state index contributed by atoms with van der Waals surface area (Å²) >= 11 is 1.07. The van der Waals surface area contributed by atoms with E-state index in [1.165, 1.54) is 0 Å². The molecule has 0 aliphatic rings. The summed E-state index contributed by atoms with van der Waals surface area (Å²) in [7, 11) is -3.69. The van der Waals surface area contributed by atoms with Crippen molar-refractivity contribution < 1.29 is 8.42 Å². The molecule has 3 aromatic rings. The monoisotopic (exact) mass is 390 g/mol. The predicted molar refractivity (Wildman–Crippen MR) is 106 cm³/mol. The van der Waals surface area contributed by atoms with E-state index in [0.717, 1.165) is 28.0 Å². The van der Waals surface area contributed by atoms with Gasteiger partial charge < -0.3 is 0 Å². The van der Waals surface area contributed by atoms with Crippen molar-refractivity contribution >= 4 is 31.6 Å². The lowest BCUT2D eigenvalue weighted by molar-refractivity contribution is 0.566. The van der Waals surface area contributed by atoms with Crippen molar-refractivity contribution in [1.82, 2.24) is 9.29 Å². The minimum Gasteiger partial charge on any atom is -0.296 e. The van der Waals surface area contributed by atoms with Crippen molar-refractivity contribution in [3.8, 4) is 0 Å². The number of nitrogens with zero attached hydrogens (tertiary/aromatic N) is 1. The lowest BCUT2D eigenvalue weighted by Crippen LogP contribution is -2.27. The molecular formula is C19H22N2O3S2. The highest BCUT2D eigenvalue weighted by molar-refractivity contribution is 7.89. The molecule has 138 valence electrons. The first kappa shape index (κ1) is 18.8. The van der Waals surface area contributed by atoms with E-state index < -0.39 is 10.0 Å². The number of benzene rings is 2. The molecule has 1 N–H and O–H groups in total. The molecule has 5 nitrogen and oxygen atoms in total. The van der Waals surface area contributed by atoms with Crippen LogP contribution >= 0.6 is 11.3 Å². The van der Waals surface area contributed by atoms with Crippen LogP contribution in [0.25, 0.3) is 10.2 Å². The van der Waals surface area contributed by atoms with Crippen LogP contribution in [0.3, 0.4) is 0 Å². The summed E-state index contributed by atoms with van der Waals surface area (Å²) in [5, 5.41) is 0. The Morgan fingerprint density at radius 1 is 1.08 bits per heavy atom. The van der Waals surface area contributed by atoms with Crippen LogP contribution in [0.1, 0.15) is 44.0 Å². The number of sulfonamides is 1. The second-order valence-electron chi connectivity index (χ2n) is 6.66. The minimum absolute atomic E-state index is 0.0258. The van der Waals surface area contributed by atoms with Gasteiger partial charge in [0.05, 0.1) is 15.1 Å². The molecule has 7 heteroatoms. The molecule has 1 unspecified atom stereocenters. The molecular weight excluding hydrogens is 368 g/mol. The van der Waals surface area contributed by atoms with Crippen molar-refractivity contribution in [2.24, 2.45) is 0 Å². The fourth-order valence-corrected chi connectivity index (χ4v) is 5.49. The number of nitrogens with one attached hydrogen (secondary N) is 1. The van der Waals surface area contributed by atoms with Crippen molar-refractivity contribution in [2.45, 2.75) is 44.7 Å². The van der Waals surface area contributed by atoms with E-state index in [1.807, 2.05) is 52.0 Å². The third kappa shape index (κ3) is 3.47. The van der Waals surface area contributed by atoms with Gasteiger partial charge in [-0.15, -0.1) is 0 Å². The van der Waals surface area contributed by atoms with Gasteiger partial charge in [-0.2, -0.15) is 0 Å². The van der Waals surface area contributed by atoms with Gasteiger partial charge in [-0.1, -0.05) is 35.6 Å². The van der Waals surface area contributed by atoms with E-state index in [-0.39, 0.29) is 21.9 Å². The molecule has 0 saturated carbocycles. The van der Waals surface area contributed by atoms with Crippen molar-refractivity contribution in [1.29, 1.82) is 0 Å². The Hall–Kier alpha value is -1.96. The van der Waals surface area contributed by atoms with Gasteiger partial charge in [0.2, 0.25) is 10.0 Å². The summed E-state index contributed by atoms with van der Waals surface area (Å²) in [6.45, 7) is 7.65. The van der Waals surface area contributed by atoms with Crippen molar-refractivity contribution in [2.75, 3.05) is 0 Å². The van der Waals surface area contributed by atoms with E-state index in [4.69, 9.17) is 0 Å². The largest absolute Gasteiger partial charge is 0.308 e. The van der Waals surface area contributed by atoms with Crippen LogP contribution in [0.4, 0.5) is 0 Å². The molecule has 0 aliphatic carbocycles. The Kier molecular flexibility index (Phi) is 5.05. The Morgan fingerprint density at radius 2 is 1.77 bits per heavy atom. The first-order valence-corrected chi connectivity index (χ1v) is 10.7. The third-order valence-electron chi connectivity index (χ3n) is 4.40. The van der Waals surface area contributed by atoms with Crippen LogP contribution in [-0.2, 0) is 10.0 Å². The van der Waals surface area contributed by atoms with Crippen LogP contribution in [0, 0.1) is 6.92 Å². The Bertz CT molecular complexity index is 1110. The van der Waals surface area contributed by atoms with E-state index in [1.54, 1.807) is 22.8 Å². The number of thiazole rings is 1. The van der Waals surface area contributed by atoms with Crippen molar-refractivity contribution in [3.63, 3.8) is 0 Å². The maximum atomic E-state index is 12.8. The predicted octanol–water partition coefficient (Wildman–Crippen LogP) is 3.99. The standard InChI is InChI=1S/C19H22N2O3S2/c1-12(2)21-17-10-9-15(11-18(17)25-19(21)22)26(23,24)20-14(4)16-8-6-5-7-13(16)3/h5-12,14,20H,1-4H3. The van der Waals surface area contributed by atoms with Gasteiger partial charge in [-0.25, -0.2) is 13.1 Å². The topological polar surface area (TPSA) is 68.2 Å². The summed E-state index contributed by atoms with van der Waals surface area (Å²) in [5.41, 5.74) is 2.74. The van der Waals surface area contributed by atoms with E-state index in [2.05, 4.69) is 4.72 Å². The fraction of sp³-hybridized carbons (Fsp3) is 0.316. The average molecular weight is 391 g/mol. The molecule has 0 bridgehead atoms.